The van der Waals surface area contributed by atoms with E-state index in [-0.39, 0.29) is 5.92 Å². The van der Waals surface area contributed by atoms with Crippen LogP contribution in [-0.4, -0.2) is 39.6 Å². The second-order valence-corrected chi connectivity index (χ2v) is 9.72. The van der Waals surface area contributed by atoms with Crippen molar-refractivity contribution in [3.63, 3.8) is 0 Å². The number of hydrogen-bond donors (Lipinski definition) is 0. The first-order chi connectivity index (χ1) is 16.2. The van der Waals surface area contributed by atoms with Gasteiger partial charge in [0, 0.05) is 31.5 Å². The number of unbranched alkanes of at least 4 members (excludes halogenated alkanes) is 1. The van der Waals surface area contributed by atoms with Crippen molar-refractivity contribution < 1.29 is 9.53 Å². The molecule has 5 heteroatoms. The maximum Gasteiger partial charge on any atom is 0.223 e. The van der Waals surface area contributed by atoms with E-state index in [0.717, 1.165) is 55.9 Å². The zero-order valence-corrected chi connectivity index (χ0v) is 19.7. The summed E-state index contributed by atoms with van der Waals surface area (Å²) < 4.78 is 8.28. The molecule has 2 aliphatic rings. The lowest BCUT2D eigenvalue weighted by Gasteiger charge is -2.31. The van der Waals surface area contributed by atoms with Crippen LogP contribution in [0.15, 0.2) is 48.5 Å². The Morgan fingerprint density at radius 1 is 1.00 bits per heavy atom. The highest BCUT2D eigenvalue weighted by Gasteiger charge is 2.37. The maximum atomic E-state index is 12.9. The number of para-hydroxylation sites is 2. The van der Waals surface area contributed by atoms with E-state index in [1.165, 1.54) is 30.3 Å². The fraction of sp³-hybridized carbons (Fsp3) is 0.500. The lowest BCUT2D eigenvalue weighted by atomic mass is 9.94. The van der Waals surface area contributed by atoms with Crippen LogP contribution in [0.2, 0.25) is 0 Å². The van der Waals surface area contributed by atoms with Gasteiger partial charge in [-0.15, -0.1) is 0 Å². The van der Waals surface area contributed by atoms with Gasteiger partial charge in [0.2, 0.25) is 5.91 Å². The second kappa shape index (κ2) is 9.98. The van der Waals surface area contributed by atoms with E-state index in [0.29, 0.717) is 25.0 Å². The first kappa shape index (κ1) is 22.0. The number of ether oxygens (including phenoxy) is 1. The molecule has 5 rings (SSSR count). The standard InChI is InChI=1S/C28H35N3O2/c1-21-13-15-24(16-14-21)33-18-8-7-17-30-26-12-6-5-11-25(26)29-28(30)22-19-27(32)31(20-22)23-9-3-2-4-10-23/h5-6,11-16,22-23H,2-4,7-10,17-20H2,1H3. The molecule has 2 aromatic carbocycles. The molecular formula is C28H35N3O2. The third-order valence-corrected chi connectivity index (χ3v) is 7.29. The van der Waals surface area contributed by atoms with Crippen LogP contribution in [0.5, 0.6) is 5.75 Å². The SMILES string of the molecule is Cc1ccc(OCCCCn2c(C3CC(=O)N(C4CCCCC4)C3)nc3ccccc32)cc1. The van der Waals surface area contributed by atoms with Gasteiger partial charge >= 0.3 is 0 Å². The van der Waals surface area contributed by atoms with E-state index >= 15 is 0 Å². The van der Waals surface area contributed by atoms with Gasteiger partial charge in [-0.05, 0) is 56.9 Å². The van der Waals surface area contributed by atoms with Gasteiger partial charge in [0.1, 0.15) is 11.6 Å². The highest BCUT2D eigenvalue weighted by atomic mass is 16.5. The number of nitrogens with zero attached hydrogens (tertiary/aromatic N) is 3. The summed E-state index contributed by atoms with van der Waals surface area (Å²) in [5.74, 6) is 2.52. The summed E-state index contributed by atoms with van der Waals surface area (Å²) in [6, 6.07) is 17.0. The van der Waals surface area contributed by atoms with Gasteiger partial charge in [-0.25, -0.2) is 4.98 Å². The Balaban J connectivity index is 1.25. The van der Waals surface area contributed by atoms with Gasteiger partial charge in [0.05, 0.1) is 17.6 Å². The van der Waals surface area contributed by atoms with Crippen LogP contribution >= 0.6 is 0 Å². The van der Waals surface area contributed by atoms with Crippen molar-refractivity contribution in [3.8, 4) is 5.75 Å². The molecule has 1 aliphatic heterocycles. The predicted octanol–water partition coefficient (Wildman–Crippen LogP) is 5.85. The predicted molar refractivity (Wildman–Crippen MR) is 132 cm³/mol. The maximum absolute atomic E-state index is 12.9. The Morgan fingerprint density at radius 3 is 2.61 bits per heavy atom. The molecular weight excluding hydrogens is 410 g/mol. The number of fused-ring (bicyclic) bond motifs is 1. The molecule has 1 atom stereocenters. The molecule has 1 aliphatic carbocycles. The van der Waals surface area contributed by atoms with E-state index in [1.807, 2.05) is 18.2 Å². The number of amides is 1. The van der Waals surface area contributed by atoms with Crippen LogP contribution in [0.1, 0.15) is 68.7 Å². The van der Waals surface area contributed by atoms with Crippen LogP contribution in [0.25, 0.3) is 11.0 Å². The number of rotatable bonds is 8. The number of aromatic nitrogens is 2. The largest absolute Gasteiger partial charge is 0.494 e. The molecule has 1 saturated heterocycles. The topological polar surface area (TPSA) is 47.4 Å². The Labute approximate surface area is 196 Å². The quantitative estimate of drug-likeness (QED) is 0.409. The van der Waals surface area contributed by atoms with Gasteiger partial charge < -0.3 is 14.2 Å². The molecule has 1 amide bonds. The number of imidazole rings is 1. The number of likely N-dealkylation sites (tertiary alicyclic amines) is 1. The van der Waals surface area contributed by atoms with Gasteiger partial charge in [0.25, 0.3) is 0 Å². The average molecular weight is 446 g/mol. The molecule has 0 bridgehead atoms. The van der Waals surface area contributed by atoms with E-state index in [1.54, 1.807) is 0 Å². The molecule has 2 heterocycles. The van der Waals surface area contributed by atoms with E-state index in [2.05, 4.69) is 46.7 Å². The van der Waals surface area contributed by atoms with Crippen molar-refractivity contribution in [1.82, 2.24) is 14.5 Å². The molecule has 0 N–H and O–H groups in total. The molecule has 1 unspecified atom stereocenters. The smallest absolute Gasteiger partial charge is 0.223 e. The molecule has 0 radical (unpaired) electrons. The minimum absolute atomic E-state index is 0.190. The third-order valence-electron chi connectivity index (χ3n) is 7.29. The minimum atomic E-state index is 0.190. The van der Waals surface area contributed by atoms with Crippen molar-refractivity contribution in [2.75, 3.05) is 13.2 Å². The third kappa shape index (κ3) is 4.92. The molecule has 5 nitrogen and oxygen atoms in total. The highest BCUT2D eigenvalue weighted by molar-refractivity contribution is 5.81. The monoisotopic (exact) mass is 445 g/mol. The van der Waals surface area contributed by atoms with Gasteiger partial charge in [-0.3, -0.25) is 4.79 Å². The molecule has 174 valence electrons. The lowest BCUT2D eigenvalue weighted by Crippen LogP contribution is -2.37. The molecule has 1 saturated carbocycles. The fourth-order valence-corrected chi connectivity index (χ4v) is 5.49. The number of benzene rings is 2. The van der Waals surface area contributed by atoms with E-state index in [9.17, 15) is 4.79 Å². The van der Waals surface area contributed by atoms with Crippen molar-refractivity contribution in [3.05, 3.63) is 59.9 Å². The van der Waals surface area contributed by atoms with Crippen molar-refractivity contribution in [2.45, 2.75) is 76.8 Å². The summed E-state index contributed by atoms with van der Waals surface area (Å²) in [6.45, 7) is 4.52. The summed E-state index contributed by atoms with van der Waals surface area (Å²) >= 11 is 0. The molecule has 0 spiro atoms. The second-order valence-electron chi connectivity index (χ2n) is 9.72. The van der Waals surface area contributed by atoms with E-state index < -0.39 is 0 Å². The van der Waals surface area contributed by atoms with Crippen LogP contribution < -0.4 is 4.74 Å². The summed E-state index contributed by atoms with van der Waals surface area (Å²) in [4.78, 5) is 20.1. The Kier molecular flexibility index (Phi) is 6.65. The Hall–Kier alpha value is -2.82. The molecule has 3 aromatic rings. The van der Waals surface area contributed by atoms with Gasteiger partial charge in [-0.2, -0.15) is 0 Å². The first-order valence-electron chi connectivity index (χ1n) is 12.6. The Bertz CT molecular complexity index is 1080. The summed E-state index contributed by atoms with van der Waals surface area (Å²) in [6.07, 6.45) is 8.74. The summed E-state index contributed by atoms with van der Waals surface area (Å²) in [5, 5.41) is 0. The van der Waals surface area contributed by atoms with Gasteiger partial charge in [-0.1, -0.05) is 49.1 Å². The number of carbonyl (C=O) groups is 1. The van der Waals surface area contributed by atoms with Crippen molar-refractivity contribution in [2.24, 2.45) is 0 Å². The van der Waals surface area contributed by atoms with Crippen LogP contribution in [0.3, 0.4) is 0 Å². The highest BCUT2D eigenvalue weighted by Crippen LogP contribution is 2.34. The normalized spacial score (nSPS) is 19.5. The molecule has 33 heavy (non-hydrogen) atoms. The number of hydrogen-bond acceptors (Lipinski definition) is 3. The Morgan fingerprint density at radius 2 is 1.79 bits per heavy atom. The zero-order valence-electron chi connectivity index (χ0n) is 19.7. The van der Waals surface area contributed by atoms with Crippen LogP contribution in [0, 0.1) is 6.92 Å². The first-order valence-corrected chi connectivity index (χ1v) is 12.6. The number of aryl methyl sites for hydroxylation is 2. The van der Waals surface area contributed by atoms with Crippen LogP contribution in [-0.2, 0) is 11.3 Å². The molecule has 1 aromatic heterocycles. The van der Waals surface area contributed by atoms with Crippen LogP contribution in [0.4, 0.5) is 0 Å². The van der Waals surface area contributed by atoms with Gasteiger partial charge in [0.15, 0.2) is 0 Å². The summed E-state index contributed by atoms with van der Waals surface area (Å²) in [5.41, 5.74) is 3.46. The fourth-order valence-electron chi connectivity index (χ4n) is 5.49. The molecule has 2 fully saturated rings. The average Bonchev–Trinajstić information content (AvgIpc) is 3.41. The van der Waals surface area contributed by atoms with Crippen molar-refractivity contribution in [1.29, 1.82) is 0 Å². The number of carbonyl (C=O) groups excluding carboxylic acids is 1. The zero-order chi connectivity index (χ0) is 22.6. The van der Waals surface area contributed by atoms with Crippen molar-refractivity contribution >= 4 is 16.9 Å². The summed E-state index contributed by atoms with van der Waals surface area (Å²) in [7, 11) is 0. The minimum Gasteiger partial charge on any atom is -0.494 e. The lowest BCUT2D eigenvalue weighted by molar-refractivity contribution is -0.130. The van der Waals surface area contributed by atoms with E-state index in [4.69, 9.17) is 9.72 Å².